The number of aromatic nitrogens is 4. The molecule has 0 aliphatic heterocycles. The van der Waals surface area contributed by atoms with Gasteiger partial charge in [-0.3, -0.25) is 4.57 Å². The summed E-state index contributed by atoms with van der Waals surface area (Å²) in [7, 11) is -1.97. The molecular weight excluding hydrogens is 889 g/mol. The van der Waals surface area contributed by atoms with Crippen LogP contribution >= 0.6 is 21.4 Å². The van der Waals surface area contributed by atoms with Crippen molar-refractivity contribution in [3.8, 4) is 34.2 Å². The Morgan fingerprint density at radius 3 is 1.49 bits per heavy atom. The van der Waals surface area contributed by atoms with Gasteiger partial charge >= 0.3 is 0 Å². The predicted octanol–water partition coefficient (Wildman–Crippen LogP) is 17.7. The normalized spacial score (nSPS) is 12.2. The summed E-state index contributed by atoms with van der Waals surface area (Å²) in [6.45, 7) is 0. The molecule has 0 aliphatic rings. The molecule has 0 N–H and O–H groups in total. The lowest BCUT2D eigenvalue weighted by molar-refractivity contribution is 1.05. The molecule has 14 rings (SSSR count). The lowest BCUT2D eigenvalue weighted by Gasteiger charge is -2.42. The van der Waals surface area contributed by atoms with Gasteiger partial charge in [0.25, 0.3) is 0 Å². The van der Waals surface area contributed by atoms with Gasteiger partial charge in [-0.1, -0.05) is 158 Å². The molecule has 0 unspecified atom stereocenters. The van der Waals surface area contributed by atoms with E-state index < -0.39 is 10.0 Å². The van der Waals surface area contributed by atoms with Crippen LogP contribution in [0.1, 0.15) is 0 Å². The molecular formula is C64H42N4S2. The van der Waals surface area contributed by atoms with Crippen molar-refractivity contribution in [2.45, 2.75) is 19.6 Å². The fourth-order valence-corrected chi connectivity index (χ4v) is 16.0. The van der Waals surface area contributed by atoms with E-state index in [-0.39, 0.29) is 0 Å². The van der Waals surface area contributed by atoms with Gasteiger partial charge in [-0.05, 0) is 91.0 Å². The maximum absolute atomic E-state index is 5.65. The molecule has 0 radical (unpaired) electrons. The smallest absolute Gasteiger partial charge is 0.162 e. The first-order valence-electron chi connectivity index (χ1n) is 23.6. The molecule has 0 atom stereocenters. The highest BCUT2D eigenvalue weighted by Gasteiger charge is 2.33. The first kappa shape index (κ1) is 40.5. The first-order valence-corrected chi connectivity index (χ1v) is 26.1. The monoisotopic (exact) mass is 930 g/mol. The van der Waals surface area contributed by atoms with Crippen LogP contribution in [0.2, 0.25) is 0 Å². The van der Waals surface area contributed by atoms with E-state index in [9.17, 15) is 0 Å². The van der Waals surface area contributed by atoms with Crippen molar-refractivity contribution < 1.29 is 0 Å². The van der Waals surface area contributed by atoms with Crippen LogP contribution in [0.15, 0.2) is 274 Å². The zero-order valence-corrected chi connectivity index (χ0v) is 39.5. The number of hydrogen-bond acceptors (Lipinski definition) is 3. The Hall–Kier alpha value is -8.55. The summed E-state index contributed by atoms with van der Waals surface area (Å²) in [4.78, 5) is 16.3. The quantitative estimate of drug-likeness (QED) is 0.152. The molecule has 0 fully saturated rings. The van der Waals surface area contributed by atoms with Crippen LogP contribution in [0, 0.1) is 0 Å². The molecule has 0 saturated carbocycles. The molecule has 4 aromatic heterocycles. The summed E-state index contributed by atoms with van der Waals surface area (Å²) < 4.78 is 7.22. The summed E-state index contributed by atoms with van der Waals surface area (Å²) in [6, 6.07) is 92.7. The van der Waals surface area contributed by atoms with Crippen molar-refractivity contribution in [2.75, 3.05) is 0 Å². The van der Waals surface area contributed by atoms with Gasteiger partial charge in [0.1, 0.15) is 5.82 Å². The Bertz CT molecular complexity index is 4150. The van der Waals surface area contributed by atoms with Crippen molar-refractivity contribution in [3.05, 3.63) is 255 Å². The molecule has 10 aromatic carbocycles. The second-order valence-electron chi connectivity index (χ2n) is 17.7. The maximum atomic E-state index is 5.65. The van der Waals surface area contributed by atoms with Crippen LogP contribution in [0.4, 0.5) is 0 Å². The number of para-hydroxylation sites is 3. The molecule has 70 heavy (non-hydrogen) atoms. The molecule has 0 aliphatic carbocycles. The molecule has 4 heterocycles. The van der Waals surface area contributed by atoms with Crippen molar-refractivity contribution in [3.63, 3.8) is 0 Å². The highest BCUT2D eigenvalue weighted by atomic mass is 32.3. The van der Waals surface area contributed by atoms with Crippen LogP contribution in [0.25, 0.3) is 97.9 Å². The third-order valence-corrected chi connectivity index (χ3v) is 19.0. The van der Waals surface area contributed by atoms with E-state index in [4.69, 9.17) is 9.97 Å². The van der Waals surface area contributed by atoms with Crippen molar-refractivity contribution in [1.29, 1.82) is 0 Å². The van der Waals surface area contributed by atoms with Gasteiger partial charge in [0.05, 0.1) is 27.8 Å². The first-order chi connectivity index (χ1) is 34.7. The summed E-state index contributed by atoms with van der Waals surface area (Å²) in [6.07, 6.45) is 0. The number of hydrogen-bond donors (Lipinski definition) is 0. The van der Waals surface area contributed by atoms with E-state index in [1.165, 1.54) is 61.6 Å². The van der Waals surface area contributed by atoms with Gasteiger partial charge in [0, 0.05) is 84.2 Å². The maximum Gasteiger partial charge on any atom is 0.162 e. The summed E-state index contributed by atoms with van der Waals surface area (Å²) in [5, 5.41) is 7.31. The predicted molar refractivity (Wildman–Crippen MR) is 294 cm³/mol. The van der Waals surface area contributed by atoms with Gasteiger partial charge in [-0.15, -0.1) is 21.4 Å². The van der Waals surface area contributed by atoms with Crippen molar-refractivity contribution in [2.24, 2.45) is 0 Å². The number of fused-ring (bicyclic) bond motifs is 9. The van der Waals surface area contributed by atoms with Crippen molar-refractivity contribution in [1.82, 2.24) is 19.1 Å². The fraction of sp³-hybridized carbons (Fsp3) is 0. The van der Waals surface area contributed by atoms with E-state index in [1.54, 1.807) is 0 Å². The Balaban J connectivity index is 1.03. The van der Waals surface area contributed by atoms with Gasteiger partial charge in [-0.2, -0.15) is 0 Å². The van der Waals surface area contributed by atoms with Gasteiger partial charge in [0.2, 0.25) is 0 Å². The van der Waals surface area contributed by atoms with Gasteiger partial charge in [0.15, 0.2) is 5.82 Å². The number of nitrogens with zero attached hydrogens (tertiary/aromatic N) is 4. The Labute approximate surface area is 410 Å². The van der Waals surface area contributed by atoms with E-state index in [2.05, 4.69) is 264 Å². The topological polar surface area (TPSA) is 35.6 Å². The van der Waals surface area contributed by atoms with E-state index in [1.807, 2.05) is 11.3 Å². The molecule has 6 heteroatoms. The minimum absolute atomic E-state index is 0.669. The summed E-state index contributed by atoms with van der Waals surface area (Å²) in [5.41, 5.74) is 8.58. The number of thiophene rings is 1. The molecule has 4 nitrogen and oxygen atoms in total. The zero-order chi connectivity index (χ0) is 46.2. The molecule has 0 amide bonds. The Morgan fingerprint density at radius 2 is 0.843 bits per heavy atom. The standard InChI is InChI=1S/C64H42N4S2/c1-4-21-45(22-5-1)70(46-23-6-2-7-24-46,47-25-8-3-9-26-47)48-27-18-20-43(40-48)64-65-56(54-33-19-32-53-52-31-13-17-37-61(52)69-63(53)54)42-62(66-64)68-59-36-16-12-30-51(59)55-41-44(38-39-60(55)68)67-57-34-14-10-28-49(57)50-29-11-15-35-58(50)67/h1-42H. The molecule has 330 valence electrons. The van der Waals surface area contributed by atoms with Gasteiger partial charge in [-0.25, -0.2) is 9.97 Å². The van der Waals surface area contributed by atoms with Crippen LogP contribution in [-0.2, 0) is 0 Å². The lowest BCUT2D eigenvalue weighted by Crippen LogP contribution is -2.06. The average Bonchev–Trinajstić information content (AvgIpc) is 4.10. The number of benzene rings is 10. The average molecular weight is 931 g/mol. The zero-order valence-electron chi connectivity index (χ0n) is 37.9. The fourth-order valence-electron chi connectivity index (χ4n) is 10.8. The lowest BCUT2D eigenvalue weighted by atomic mass is 10.1. The largest absolute Gasteiger partial charge is 0.309 e. The van der Waals surface area contributed by atoms with Crippen LogP contribution in [0.5, 0.6) is 0 Å². The minimum atomic E-state index is -1.97. The second kappa shape index (κ2) is 16.3. The highest BCUT2D eigenvalue weighted by molar-refractivity contribution is 8.34. The van der Waals surface area contributed by atoms with Gasteiger partial charge < -0.3 is 4.57 Å². The Kier molecular flexibility index (Phi) is 9.44. The molecule has 0 bridgehead atoms. The third kappa shape index (κ3) is 6.24. The van der Waals surface area contributed by atoms with Crippen LogP contribution < -0.4 is 0 Å². The second-order valence-corrected chi connectivity index (χ2v) is 21.9. The van der Waals surface area contributed by atoms with Crippen molar-refractivity contribution >= 4 is 85.1 Å². The minimum Gasteiger partial charge on any atom is -0.309 e. The highest BCUT2D eigenvalue weighted by Crippen LogP contribution is 2.73. The Morgan fingerprint density at radius 1 is 0.343 bits per heavy atom. The van der Waals surface area contributed by atoms with E-state index in [0.29, 0.717) is 5.82 Å². The van der Waals surface area contributed by atoms with E-state index >= 15 is 0 Å². The van der Waals surface area contributed by atoms with Crippen LogP contribution in [0.3, 0.4) is 0 Å². The SMILES string of the molecule is c1ccc(S(c2ccccc2)(c2ccccc2)c2cccc(-c3nc(-c4cccc5c4sc4ccccc45)cc(-n4c5ccccc5c5cc(-n6c7ccccc7c7ccccc76)ccc54)n3)c2)cc1. The summed E-state index contributed by atoms with van der Waals surface area (Å²) in [5.74, 6) is 1.48. The molecule has 14 aromatic rings. The van der Waals surface area contributed by atoms with Crippen LogP contribution in [-0.4, -0.2) is 19.1 Å². The molecule has 0 spiro atoms. The summed E-state index contributed by atoms with van der Waals surface area (Å²) >= 11 is 1.83. The third-order valence-electron chi connectivity index (χ3n) is 13.9. The molecule has 0 saturated heterocycles. The number of rotatable bonds is 8. The van der Waals surface area contributed by atoms with E-state index in [0.717, 1.165) is 50.1 Å².